The molecular formula is C9H11Cl2NO3S. The van der Waals surface area contributed by atoms with E-state index in [0.29, 0.717) is 10.0 Å². The van der Waals surface area contributed by atoms with E-state index in [9.17, 15) is 8.42 Å². The molecule has 16 heavy (non-hydrogen) atoms. The zero-order chi connectivity index (χ0) is 12.3. The van der Waals surface area contributed by atoms with Crippen LogP contribution >= 0.6 is 23.2 Å². The quantitative estimate of drug-likeness (QED) is 0.890. The predicted molar refractivity (Wildman–Crippen MR) is 65.6 cm³/mol. The van der Waals surface area contributed by atoms with Crippen LogP contribution in [0.2, 0.25) is 10.0 Å². The van der Waals surface area contributed by atoms with Gasteiger partial charge in [-0.15, -0.1) is 0 Å². The summed E-state index contributed by atoms with van der Waals surface area (Å²) in [5, 5.41) is 8.56. The second-order valence-corrected chi connectivity index (χ2v) is 6.27. The Balaban J connectivity index is 2.97. The average Bonchev–Trinajstić information content (AvgIpc) is 2.13. The lowest BCUT2D eigenvalue weighted by atomic mass is 10.3. The second kappa shape index (κ2) is 5.23. The molecule has 0 bridgehead atoms. The molecule has 1 rings (SSSR count). The third-order valence-electron chi connectivity index (χ3n) is 1.91. The van der Waals surface area contributed by atoms with Gasteiger partial charge in [0.05, 0.1) is 12.3 Å². The molecule has 0 saturated carbocycles. The highest BCUT2D eigenvalue weighted by Crippen LogP contribution is 2.23. The van der Waals surface area contributed by atoms with Crippen LogP contribution in [-0.4, -0.2) is 25.4 Å². The monoisotopic (exact) mass is 283 g/mol. The van der Waals surface area contributed by atoms with Crippen LogP contribution < -0.4 is 4.72 Å². The van der Waals surface area contributed by atoms with Crippen LogP contribution in [0.25, 0.3) is 0 Å². The summed E-state index contributed by atoms with van der Waals surface area (Å²) < 4.78 is 25.5. The summed E-state index contributed by atoms with van der Waals surface area (Å²) in [7, 11) is -3.61. The molecule has 0 radical (unpaired) electrons. The van der Waals surface area contributed by atoms with Gasteiger partial charge in [-0.2, -0.15) is 0 Å². The number of anilines is 1. The van der Waals surface area contributed by atoms with E-state index < -0.39 is 21.9 Å². The fourth-order valence-corrected chi connectivity index (χ4v) is 2.35. The number of hydrogen-bond donors (Lipinski definition) is 2. The first kappa shape index (κ1) is 13.6. The third-order valence-corrected chi connectivity index (χ3v) is 4.07. The molecule has 0 aliphatic carbocycles. The number of benzene rings is 1. The van der Waals surface area contributed by atoms with Crippen molar-refractivity contribution in [2.24, 2.45) is 0 Å². The summed E-state index contributed by atoms with van der Waals surface area (Å²) in [5.74, 6) is 0. The minimum absolute atomic E-state index is 0.276. The zero-order valence-corrected chi connectivity index (χ0v) is 10.8. The molecule has 0 heterocycles. The van der Waals surface area contributed by atoms with E-state index >= 15 is 0 Å². The fourth-order valence-electron chi connectivity index (χ4n) is 0.976. The SMILES string of the molecule is CC(CO)S(=O)(=O)Nc1cc(Cl)cc(Cl)c1. The van der Waals surface area contributed by atoms with E-state index in [1.807, 2.05) is 0 Å². The molecule has 7 heteroatoms. The van der Waals surface area contributed by atoms with Crippen molar-refractivity contribution in [2.75, 3.05) is 11.3 Å². The van der Waals surface area contributed by atoms with Gasteiger partial charge in [0.25, 0.3) is 0 Å². The Morgan fingerprint density at radius 1 is 1.31 bits per heavy atom. The van der Waals surface area contributed by atoms with Crippen LogP contribution in [0.5, 0.6) is 0 Å². The van der Waals surface area contributed by atoms with Crippen molar-refractivity contribution in [2.45, 2.75) is 12.2 Å². The number of aliphatic hydroxyl groups is 1. The highest BCUT2D eigenvalue weighted by atomic mass is 35.5. The molecule has 0 aromatic heterocycles. The summed E-state index contributed by atoms with van der Waals surface area (Å²) in [6.45, 7) is 0.943. The summed E-state index contributed by atoms with van der Waals surface area (Å²) in [4.78, 5) is 0. The van der Waals surface area contributed by atoms with Crippen molar-refractivity contribution in [3.05, 3.63) is 28.2 Å². The molecule has 1 aromatic rings. The minimum atomic E-state index is -3.61. The Labute approximate surface area is 104 Å². The van der Waals surface area contributed by atoms with Crippen LogP contribution in [0.15, 0.2) is 18.2 Å². The fraction of sp³-hybridized carbons (Fsp3) is 0.333. The predicted octanol–water partition coefficient (Wildman–Crippen LogP) is 2.12. The maximum atomic E-state index is 11.6. The zero-order valence-electron chi connectivity index (χ0n) is 8.44. The first-order valence-corrected chi connectivity index (χ1v) is 6.74. The molecule has 0 saturated heterocycles. The van der Waals surface area contributed by atoms with Gasteiger partial charge in [-0.25, -0.2) is 8.42 Å². The van der Waals surface area contributed by atoms with Gasteiger partial charge in [-0.3, -0.25) is 4.72 Å². The Morgan fingerprint density at radius 3 is 2.25 bits per heavy atom. The summed E-state index contributed by atoms with van der Waals surface area (Å²) >= 11 is 11.4. The largest absolute Gasteiger partial charge is 0.395 e. The van der Waals surface area contributed by atoms with Crippen molar-refractivity contribution in [3.8, 4) is 0 Å². The maximum absolute atomic E-state index is 11.6. The molecule has 0 amide bonds. The Hall–Kier alpha value is -0.490. The van der Waals surface area contributed by atoms with Crippen LogP contribution in [0, 0.1) is 0 Å². The first-order chi connectivity index (χ1) is 7.35. The topological polar surface area (TPSA) is 66.4 Å². The van der Waals surface area contributed by atoms with Crippen LogP contribution in [0.1, 0.15) is 6.92 Å². The highest BCUT2D eigenvalue weighted by molar-refractivity contribution is 7.93. The van der Waals surface area contributed by atoms with Gasteiger partial charge in [-0.1, -0.05) is 23.2 Å². The smallest absolute Gasteiger partial charge is 0.237 e. The van der Waals surface area contributed by atoms with Crippen molar-refractivity contribution in [1.82, 2.24) is 0 Å². The summed E-state index contributed by atoms with van der Waals surface area (Å²) in [5.41, 5.74) is 0.276. The van der Waals surface area contributed by atoms with Gasteiger partial charge < -0.3 is 5.11 Å². The van der Waals surface area contributed by atoms with Crippen molar-refractivity contribution in [1.29, 1.82) is 0 Å². The van der Waals surface area contributed by atoms with E-state index in [4.69, 9.17) is 28.3 Å². The van der Waals surface area contributed by atoms with Crippen molar-refractivity contribution < 1.29 is 13.5 Å². The lowest BCUT2D eigenvalue weighted by Crippen LogP contribution is -2.28. The first-order valence-electron chi connectivity index (χ1n) is 4.44. The number of rotatable bonds is 4. The number of aliphatic hydroxyl groups excluding tert-OH is 1. The van der Waals surface area contributed by atoms with E-state index in [-0.39, 0.29) is 5.69 Å². The van der Waals surface area contributed by atoms with Gasteiger partial charge in [0, 0.05) is 10.0 Å². The van der Waals surface area contributed by atoms with Crippen LogP contribution in [-0.2, 0) is 10.0 Å². The Morgan fingerprint density at radius 2 is 1.81 bits per heavy atom. The summed E-state index contributed by atoms with van der Waals surface area (Å²) in [6.07, 6.45) is 0. The van der Waals surface area contributed by atoms with E-state index in [1.165, 1.54) is 25.1 Å². The lowest BCUT2D eigenvalue weighted by Gasteiger charge is -2.12. The number of hydrogen-bond acceptors (Lipinski definition) is 3. The molecule has 1 unspecified atom stereocenters. The molecule has 0 aliphatic heterocycles. The van der Waals surface area contributed by atoms with Gasteiger partial charge >= 0.3 is 0 Å². The molecule has 0 fully saturated rings. The second-order valence-electron chi connectivity index (χ2n) is 3.30. The average molecular weight is 284 g/mol. The molecule has 1 aromatic carbocycles. The Kier molecular flexibility index (Phi) is 4.43. The van der Waals surface area contributed by atoms with Crippen LogP contribution in [0.4, 0.5) is 5.69 Å². The van der Waals surface area contributed by atoms with Gasteiger partial charge in [-0.05, 0) is 25.1 Å². The van der Waals surface area contributed by atoms with Gasteiger partial charge in [0.2, 0.25) is 10.0 Å². The van der Waals surface area contributed by atoms with Crippen LogP contribution in [0.3, 0.4) is 0 Å². The minimum Gasteiger partial charge on any atom is -0.395 e. The molecule has 0 aliphatic rings. The highest BCUT2D eigenvalue weighted by Gasteiger charge is 2.19. The van der Waals surface area contributed by atoms with Crippen molar-refractivity contribution >= 4 is 38.9 Å². The Bertz CT molecular complexity index is 455. The molecule has 0 spiro atoms. The number of nitrogens with one attached hydrogen (secondary N) is 1. The maximum Gasteiger partial charge on any atom is 0.237 e. The number of sulfonamides is 1. The summed E-state index contributed by atoms with van der Waals surface area (Å²) in [6, 6.07) is 4.38. The molecule has 90 valence electrons. The number of halogens is 2. The van der Waals surface area contributed by atoms with E-state index in [2.05, 4.69) is 4.72 Å². The standard InChI is InChI=1S/C9H11Cl2NO3S/c1-6(5-13)16(14,15)12-9-3-7(10)2-8(11)4-9/h2-4,6,12-13H,5H2,1H3. The molecular weight excluding hydrogens is 273 g/mol. The van der Waals surface area contributed by atoms with E-state index in [1.54, 1.807) is 0 Å². The lowest BCUT2D eigenvalue weighted by molar-refractivity contribution is 0.296. The van der Waals surface area contributed by atoms with Gasteiger partial charge in [0.1, 0.15) is 5.25 Å². The van der Waals surface area contributed by atoms with E-state index in [0.717, 1.165) is 0 Å². The van der Waals surface area contributed by atoms with Crippen molar-refractivity contribution in [3.63, 3.8) is 0 Å². The normalized spacial score (nSPS) is 13.5. The third kappa shape index (κ3) is 3.52. The molecule has 2 N–H and O–H groups in total. The van der Waals surface area contributed by atoms with Gasteiger partial charge in [0.15, 0.2) is 0 Å². The molecule has 4 nitrogen and oxygen atoms in total. The molecule has 1 atom stereocenters.